The number of sulfonamides is 1. The lowest BCUT2D eigenvalue weighted by atomic mass is 10.0. The Morgan fingerprint density at radius 2 is 1.88 bits per heavy atom. The summed E-state index contributed by atoms with van der Waals surface area (Å²) in [4.78, 5) is 12.4. The van der Waals surface area contributed by atoms with Crippen LogP contribution in [0, 0.1) is 13.8 Å². The van der Waals surface area contributed by atoms with Crippen LogP contribution in [0.1, 0.15) is 30.7 Å². The molecule has 10 heteroatoms. The number of aromatic nitrogens is 1. The number of carbonyl (C=O) groups is 1. The predicted molar refractivity (Wildman–Crippen MR) is 122 cm³/mol. The van der Waals surface area contributed by atoms with E-state index in [1.54, 1.807) is 19.9 Å². The molecule has 0 spiro atoms. The van der Waals surface area contributed by atoms with Gasteiger partial charge in [-0.15, -0.1) is 0 Å². The van der Waals surface area contributed by atoms with Crippen LogP contribution in [0.5, 0.6) is 11.5 Å². The first-order valence-electron chi connectivity index (χ1n) is 10.3. The number of amides is 1. The highest BCUT2D eigenvalue weighted by molar-refractivity contribution is 7.92. The van der Waals surface area contributed by atoms with Crippen LogP contribution in [0.4, 0.5) is 11.6 Å². The topological polar surface area (TPSA) is 120 Å². The van der Waals surface area contributed by atoms with E-state index in [4.69, 9.17) is 14.0 Å². The van der Waals surface area contributed by atoms with Gasteiger partial charge in [-0.3, -0.25) is 4.79 Å². The lowest BCUT2D eigenvalue weighted by molar-refractivity contribution is -0.118. The third-order valence-electron chi connectivity index (χ3n) is 5.25. The SMILES string of the molecule is Cc1noc(NS(=O)(=O)c2ccc(NC(=O)COc3cccc4c3OC(C)(C)C4)cc2)c1C. The molecule has 0 fully saturated rings. The van der Waals surface area contributed by atoms with E-state index in [0.29, 0.717) is 28.4 Å². The average molecular weight is 472 g/mol. The van der Waals surface area contributed by atoms with Gasteiger partial charge in [-0.1, -0.05) is 17.3 Å². The van der Waals surface area contributed by atoms with Crippen LogP contribution in [0.3, 0.4) is 0 Å². The van der Waals surface area contributed by atoms with E-state index in [9.17, 15) is 13.2 Å². The zero-order valence-corrected chi connectivity index (χ0v) is 19.6. The van der Waals surface area contributed by atoms with Crippen molar-refractivity contribution in [1.29, 1.82) is 0 Å². The minimum absolute atomic E-state index is 0.0183. The second-order valence-electron chi connectivity index (χ2n) is 8.47. The van der Waals surface area contributed by atoms with Crippen molar-refractivity contribution in [3.8, 4) is 11.5 Å². The molecule has 0 unspecified atom stereocenters. The van der Waals surface area contributed by atoms with Gasteiger partial charge in [-0.25, -0.2) is 13.1 Å². The highest BCUT2D eigenvalue weighted by atomic mass is 32.2. The smallest absolute Gasteiger partial charge is 0.264 e. The van der Waals surface area contributed by atoms with Crippen molar-refractivity contribution >= 4 is 27.5 Å². The molecule has 0 saturated heterocycles. The van der Waals surface area contributed by atoms with Crippen LogP contribution in [0.2, 0.25) is 0 Å². The van der Waals surface area contributed by atoms with E-state index < -0.39 is 10.0 Å². The number of anilines is 2. The van der Waals surface area contributed by atoms with Crippen molar-refractivity contribution in [3.05, 3.63) is 59.3 Å². The van der Waals surface area contributed by atoms with Crippen LogP contribution in [-0.4, -0.2) is 31.7 Å². The molecular weight excluding hydrogens is 446 g/mol. The maximum absolute atomic E-state index is 12.6. The number of ether oxygens (including phenoxy) is 2. The number of aryl methyl sites for hydroxylation is 1. The molecule has 0 aliphatic carbocycles. The zero-order chi connectivity index (χ0) is 23.8. The molecule has 2 heterocycles. The number of nitrogens with one attached hydrogen (secondary N) is 2. The first kappa shape index (κ1) is 22.7. The van der Waals surface area contributed by atoms with Gasteiger partial charge in [0.1, 0.15) is 5.60 Å². The first-order valence-corrected chi connectivity index (χ1v) is 11.8. The fourth-order valence-electron chi connectivity index (χ4n) is 3.45. The van der Waals surface area contributed by atoms with Gasteiger partial charge < -0.3 is 19.3 Å². The van der Waals surface area contributed by atoms with Crippen molar-refractivity contribution in [3.63, 3.8) is 0 Å². The summed E-state index contributed by atoms with van der Waals surface area (Å²) in [6, 6.07) is 11.4. The molecule has 174 valence electrons. The third-order valence-corrected chi connectivity index (χ3v) is 6.59. The summed E-state index contributed by atoms with van der Waals surface area (Å²) < 4.78 is 44.2. The zero-order valence-electron chi connectivity index (χ0n) is 18.8. The molecule has 1 aliphatic heterocycles. The maximum atomic E-state index is 12.6. The molecule has 0 bridgehead atoms. The van der Waals surface area contributed by atoms with Gasteiger partial charge in [-0.05, 0) is 58.0 Å². The Hall–Kier alpha value is -3.53. The second-order valence-corrected chi connectivity index (χ2v) is 10.2. The normalized spacial score (nSPS) is 14.3. The summed E-state index contributed by atoms with van der Waals surface area (Å²) in [5, 5.41) is 6.43. The van der Waals surface area contributed by atoms with Crippen molar-refractivity contribution in [2.24, 2.45) is 0 Å². The molecule has 9 nitrogen and oxygen atoms in total. The van der Waals surface area contributed by atoms with Gasteiger partial charge in [0.15, 0.2) is 18.1 Å². The van der Waals surface area contributed by atoms with Crippen molar-refractivity contribution in [2.75, 3.05) is 16.6 Å². The van der Waals surface area contributed by atoms with Gasteiger partial charge in [0.2, 0.25) is 5.88 Å². The Kier molecular flexibility index (Phi) is 5.79. The largest absolute Gasteiger partial charge is 0.483 e. The number of benzene rings is 2. The molecular formula is C23H25N3O6S. The number of para-hydroxylation sites is 1. The molecule has 0 atom stereocenters. The summed E-state index contributed by atoms with van der Waals surface area (Å²) >= 11 is 0. The average Bonchev–Trinajstić information content (AvgIpc) is 3.24. The molecule has 0 saturated carbocycles. The van der Waals surface area contributed by atoms with Gasteiger partial charge in [-0.2, -0.15) is 0 Å². The Bertz CT molecular complexity index is 1300. The highest BCUT2D eigenvalue weighted by Crippen LogP contribution is 2.41. The number of hydrogen-bond acceptors (Lipinski definition) is 7. The summed E-state index contributed by atoms with van der Waals surface area (Å²) in [5.74, 6) is 0.862. The lowest BCUT2D eigenvalue weighted by Gasteiger charge is -2.18. The monoisotopic (exact) mass is 471 g/mol. The molecule has 1 aromatic heterocycles. The Morgan fingerprint density at radius 3 is 2.55 bits per heavy atom. The molecule has 4 rings (SSSR count). The fourth-order valence-corrected chi connectivity index (χ4v) is 4.50. The van der Waals surface area contributed by atoms with E-state index in [0.717, 1.165) is 12.0 Å². The van der Waals surface area contributed by atoms with E-state index >= 15 is 0 Å². The van der Waals surface area contributed by atoms with Crippen LogP contribution in [0.25, 0.3) is 0 Å². The van der Waals surface area contributed by atoms with Crippen molar-refractivity contribution < 1.29 is 27.2 Å². The van der Waals surface area contributed by atoms with Gasteiger partial charge >= 0.3 is 0 Å². The predicted octanol–water partition coefficient (Wildman–Crippen LogP) is 3.82. The molecule has 1 amide bonds. The second kappa shape index (κ2) is 8.43. The fraction of sp³-hybridized carbons (Fsp3) is 0.304. The number of carbonyl (C=O) groups excluding carboxylic acids is 1. The van der Waals surface area contributed by atoms with Gasteiger partial charge in [0.05, 0.1) is 10.6 Å². The molecule has 33 heavy (non-hydrogen) atoms. The van der Waals surface area contributed by atoms with Crippen LogP contribution < -0.4 is 19.5 Å². The lowest BCUT2D eigenvalue weighted by Crippen LogP contribution is -2.25. The summed E-state index contributed by atoms with van der Waals surface area (Å²) in [6.07, 6.45) is 0.769. The Balaban J connectivity index is 1.36. The molecule has 1 aliphatic rings. The van der Waals surface area contributed by atoms with Crippen LogP contribution in [-0.2, 0) is 21.2 Å². The highest BCUT2D eigenvalue weighted by Gasteiger charge is 2.32. The summed E-state index contributed by atoms with van der Waals surface area (Å²) in [6.45, 7) is 7.21. The minimum atomic E-state index is -3.86. The van der Waals surface area contributed by atoms with Gasteiger partial charge in [0, 0.05) is 23.2 Å². The number of hydrogen-bond donors (Lipinski definition) is 2. The third kappa shape index (κ3) is 4.95. The first-order chi connectivity index (χ1) is 15.5. The van der Waals surface area contributed by atoms with Crippen molar-refractivity contribution in [1.82, 2.24) is 5.16 Å². The number of rotatable bonds is 7. The summed E-state index contributed by atoms with van der Waals surface area (Å²) in [5.41, 5.74) is 2.37. The molecule has 3 aromatic rings. The van der Waals surface area contributed by atoms with E-state index in [1.807, 2.05) is 26.0 Å². The minimum Gasteiger partial charge on any atom is -0.483 e. The van der Waals surface area contributed by atoms with E-state index in [-0.39, 0.29) is 28.9 Å². The van der Waals surface area contributed by atoms with Gasteiger partial charge in [0.25, 0.3) is 15.9 Å². The molecule has 2 aromatic carbocycles. The van der Waals surface area contributed by atoms with E-state index in [1.165, 1.54) is 24.3 Å². The van der Waals surface area contributed by atoms with Crippen molar-refractivity contribution in [2.45, 2.75) is 44.6 Å². The Labute approximate surface area is 192 Å². The van der Waals surface area contributed by atoms with Crippen LogP contribution in [0.15, 0.2) is 51.9 Å². The summed E-state index contributed by atoms with van der Waals surface area (Å²) in [7, 11) is -3.86. The van der Waals surface area contributed by atoms with Crippen LogP contribution >= 0.6 is 0 Å². The molecule has 0 radical (unpaired) electrons. The number of fused-ring (bicyclic) bond motifs is 1. The number of nitrogens with zero attached hydrogens (tertiary/aromatic N) is 1. The quantitative estimate of drug-likeness (QED) is 0.537. The maximum Gasteiger partial charge on any atom is 0.264 e. The van der Waals surface area contributed by atoms with E-state index in [2.05, 4.69) is 15.2 Å². The standard InChI is InChI=1S/C23H25N3O6S/c1-14-15(2)25-32-22(14)26-33(28,29)18-10-8-17(9-11-18)24-20(27)13-30-19-7-5-6-16-12-23(3,4)31-21(16)19/h5-11,26H,12-13H2,1-4H3,(H,24,27). The molecule has 2 N–H and O–H groups in total. The Morgan fingerprint density at radius 1 is 1.15 bits per heavy atom.